The standard InChI is InChI=1S/C14H19ClN2O/c15-13-3-1-12(2-4-13)14(10-18-11-14)9-17-7-5-16-6-8-17/h1-4,16H,5-11H2. The first-order valence-electron chi connectivity index (χ1n) is 6.55. The van der Waals surface area contributed by atoms with Crippen LogP contribution in [0.2, 0.25) is 5.02 Å². The monoisotopic (exact) mass is 266 g/mol. The Morgan fingerprint density at radius 1 is 1.17 bits per heavy atom. The van der Waals surface area contributed by atoms with Gasteiger partial charge in [0.2, 0.25) is 0 Å². The van der Waals surface area contributed by atoms with Crippen molar-refractivity contribution in [3.8, 4) is 0 Å². The van der Waals surface area contributed by atoms with E-state index < -0.39 is 0 Å². The Morgan fingerprint density at radius 2 is 1.83 bits per heavy atom. The lowest BCUT2D eigenvalue weighted by atomic mass is 9.78. The molecule has 98 valence electrons. The summed E-state index contributed by atoms with van der Waals surface area (Å²) in [7, 11) is 0. The second-order valence-electron chi connectivity index (χ2n) is 5.31. The number of benzene rings is 1. The van der Waals surface area contributed by atoms with Crippen LogP contribution in [0, 0.1) is 0 Å². The van der Waals surface area contributed by atoms with Gasteiger partial charge in [-0.25, -0.2) is 0 Å². The maximum Gasteiger partial charge on any atom is 0.0598 e. The fourth-order valence-electron chi connectivity index (χ4n) is 2.80. The van der Waals surface area contributed by atoms with E-state index >= 15 is 0 Å². The number of ether oxygens (including phenoxy) is 1. The van der Waals surface area contributed by atoms with E-state index in [-0.39, 0.29) is 5.41 Å². The SMILES string of the molecule is Clc1ccc(C2(CN3CCNCC3)COC2)cc1. The minimum absolute atomic E-state index is 0.182. The number of halogens is 1. The highest BCUT2D eigenvalue weighted by Gasteiger charge is 2.41. The first kappa shape index (κ1) is 12.4. The molecule has 2 aliphatic rings. The third-order valence-corrected chi connectivity index (χ3v) is 4.20. The molecule has 0 saturated carbocycles. The van der Waals surface area contributed by atoms with Gasteiger partial charge in [0.25, 0.3) is 0 Å². The van der Waals surface area contributed by atoms with Crippen LogP contribution in [-0.2, 0) is 10.2 Å². The smallest absolute Gasteiger partial charge is 0.0598 e. The minimum Gasteiger partial charge on any atom is -0.379 e. The second-order valence-corrected chi connectivity index (χ2v) is 5.74. The molecule has 0 bridgehead atoms. The molecule has 4 heteroatoms. The van der Waals surface area contributed by atoms with Gasteiger partial charge in [0.1, 0.15) is 0 Å². The van der Waals surface area contributed by atoms with Crippen molar-refractivity contribution >= 4 is 11.6 Å². The van der Waals surface area contributed by atoms with Gasteiger partial charge in [-0.15, -0.1) is 0 Å². The van der Waals surface area contributed by atoms with Crippen molar-refractivity contribution in [3.63, 3.8) is 0 Å². The molecular weight excluding hydrogens is 248 g/mol. The molecular formula is C14H19ClN2O. The Labute approximate surface area is 113 Å². The molecule has 2 heterocycles. The highest BCUT2D eigenvalue weighted by atomic mass is 35.5. The van der Waals surface area contributed by atoms with Crippen molar-refractivity contribution in [1.29, 1.82) is 0 Å². The summed E-state index contributed by atoms with van der Waals surface area (Å²) in [6, 6.07) is 8.25. The van der Waals surface area contributed by atoms with Crippen LogP contribution in [0.1, 0.15) is 5.56 Å². The number of rotatable bonds is 3. The Morgan fingerprint density at radius 3 is 2.39 bits per heavy atom. The highest BCUT2D eigenvalue weighted by molar-refractivity contribution is 6.30. The van der Waals surface area contributed by atoms with Crippen LogP contribution in [0.25, 0.3) is 0 Å². The van der Waals surface area contributed by atoms with Gasteiger partial charge in [-0.3, -0.25) is 4.90 Å². The van der Waals surface area contributed by atoms with Crippen LogP contribution >= 0.6 is 11.6 Å². The molecule has 0 amide bonds. The molecule has 2 fully saturated rings. The molecule has 3 rings (SSSR count). The molecule has 0 aliphatic carbocycles. The van der Waals surface area contributed by atoms with Gasteiger partial charge in [0, 0.05) is 37.7 Å². The van der Waals surface area contributed by atoms with E-state index in [4.69, 9.17) is 16.3 Å². The van der Waals surface area contributed by atoms with E-state index in [1.54, 1.807) is 0 Å². The van der Waals surface area contributed by atoms with Gasteiger partial charge in [0.05, 0.1) is 18.6 Å². The summed E-state index contributed by atoms with van der Waals surface area (Å²) in [5.74, 6) is 0. The molecule has 0 aromatic heterocycles. The van der Waals surface area contributed by atoms with E-state index in [1.165, 1.54) is 5.56 Å². The largest absolute Gasteiger partial charge is 0.379 e. The van der Waals surface area contributed by atoms with Crippen LogP contribution in [0.3, 0.4) is 0 Å². The zero-order valence-corrected chi connectivity index (χ0v) is 11.2. The third-order valence-electron chi connectivity index (χ3n) is 3.95. The quantitative estimate of drug-likeness (QED) is 0.898. The van der Waals surface area contributed by atoms with E-state index in [2.05, 4.69) is 22.3 Å². The summed E-state index contributed by atoms with van der Waals surface area (Å²) in [5, 5.41) is 4.20. The van der Waals surface area contributed by atoms with Crippen molar-refractivity contribution in [1.82, 2.24) is 10.2 Å². The number of hydrogen-bond donors (Lipinski definition) is 1. The summed E-state index contributed by atoms with van der Waals surface area (Å²) in [6.07, 6.45) is 0. The Hall–Kier alpha value is -0.610. The van der Waals surface area contributed by atoms with Crippen molar-refractivity contribution in [2.75, 3.05) is 45.9 Å². The lowest BCUT2D eigenvalue weighted by Gasteiger charge is -2.46. The van der Waals surface area contributed by atoms with Gasteiger partial charge >= 0.3 is 0 Å². The zero-order valence-electron chi connectivity index (χ0n) is 10.5. The number of nitrogens with one attached hydrogen (secondary N) is 1. The average molecular weight is 267 g/mol. The summed E-state index contributed by atoms with van der Waals surface area (Å²) in [6.45, 7) is 7.22. The highest BCUT2D eigenvalue weighted by Crippen LogP contribution is 2.34. The molecule has 3 nitrogen and oxygen atoms in total. The minimum atomic E-state index is 0.182. The molecule has 1 aromatic carbocycles. The summed E-state index contributed by atoms with van der Waals surface area (Å²) in [5.41, 5.74) is 1.54. The Bertz CT molecular complexity index is 397. The second kappa shape index (κ2) is 5.17. The maximum absolute atomic E-state index is 5.96. The van der Waals surface area contributed by atoms with E-state index in [1.807, 2.05) is 12.1 Å². The number of nitrogens with zero attached hydrogens (tertiary/aromatic N) is 1. The normalized spacial score (nSPS) is 23.6. The van der Waals surface area contributed by atoms with E-state index in [0.29, 0.717) is 0 Å². The maximum atomic E-state index is 5.96. The molecule has 2 aliphatic heterocycles. The Kier molecular flexibility index (Phi) is 3.57. The first-order valence-corrected chi connectivity index (χ1v) is 6.93. The van der Waals surface area contributed by atoms with Crippen LogP contribution < -0.4 is 5.32 Å². The molecule has 1 N–H and O–H groups in total. The van der Waals surface area contributed by atoms with E-state index in [0.717, 1.165) is 51.0 Å². The van der Waals surface area contributed by atoms with Crippen molar-refractivity contribution in [3.05, 3.63) is 34.9 Å². The average Bonchev–Trinajstić information content (AvgIpc) is 2.36. The number of hydrogen-bond acceptors (Lipinski definition) is 3. The fraction of sp³-hybridized carbons (Fsp3) is 0.571. The van der Waals surface area contributed by atoms with Gasteiger partial charge in [-0.05, 0) is 17.7 Å². The van der Waals surface area contributed by atoms with Crippen molar-refractivity contribution < 1.29 is 4.74 Å². The summed E-state index contributed by atoms with van der Waals surface area (Å²) < 4.78 is 5.49. The van der Waals surface area contributed by atoms with E-state index in [9.17, 15) is 0 Å². The van der Waals surface area contributed by atoms with Gasteiger partial charge in [-0.2, -0.15) is 0 Å². The molecule has 2 saturated heterocycles. The molecule has 0 spiro atoms. The number of piperazine rings is 1. The van der Waals surface area contributed by atoms with Gasteiger partial charge in [-0.1, -0.05) is 23.7 Å². The van der Waals surface area contributed by atoms with Crippen molar-refractivity contribution in [2.45, 2.75) is 5.41 Å². The van der Waals surface area contributed by atoms with Gasteiger partial charge < -0.3 is 10.1 Å². The predicted octanol–water partition coefficient (Wildman–Crippen LogP) is 1.51. The van der Waals surface area contributed by atoms with Crippen LogP contribution in [0.15, 0.2) is 24.3 Å². The molecule has 0 unspecified atom stereocenters. The first-order chi connectivity index (χ1) is 8.78. The van der Waals surface area contributed by atoms with Crippen molar-refractivity contribution in [2.24, 2.45) is 0 Å². The Balaban J connectivity index is 1.74. The van der Waals surface area contributed by atoms with Crippen LogP contribution in [0.4, 0.5) is 0 Å². The predicted molar refractivity (Wildman–Crippen MR) is 73.3 cm³/mol. The lowest BCUT2D eigenvalue weighted by Crippen LogP contribution is -2.57. The fourth-order valence-corrected chi connectivity index (χ4v) is 2.92. The molecule has 0 atom stereocenters. The molecule has 1 aromatic rings. The molecule has 0 radical (unpaired) electrons. The van der Waals surface area contributed by atoms with Crippen LogP contribution in [-0.4, -0.2) is 50.8 Å². The topological polar surface area (TPSA) is 24.5 Å². The molecule has 18 heavy (non-hydrogen) atoms. The summed E-state index contributed by atoms with van der Waals surface area (Å²) in [4.78, 5) is 2.54. The van der Waals surface area contributed by atoms with Gasteiger partial charge in [0.15, 0.2) is 0 Å². The van der Waals surface area contributed by atoms with Crippen LogP contribution in [0.5, 0.6) is 0 Å². The summed E-state index contributed by atoms with van der Waals surface area (Å²) >= 11 is 5.96. The lowest BCUT2D eigenvalue weighted by molar-refractivity contribution is -0.0756. The third kappa shape index (κ3) is 2.41. The zero-order chi connectivity index (χ0) is 12.4.